The van der Waals surface area contributed by atoms with Crippen LogP contribution in [0.5, 0.6) is 11.5 Å². The molecule has 184 valence electrons. The molecule has 0 fully saturated rings. The first kappa shape index (κ1) is 25.7. The highest BCUT2D eigenvalue weighted by Crippen LogP contribution is 2.29. The molecule has 2 amide bonds. The van der Waals surface area contributed by atoms with Crippen LogP contribution in [0.25, 0.3) is 11.3 Å². The van der Waals surface area contributed by atoms with Crippen molar-refractivity contribution in [3.05, 3.63) is 82.1 Å². The number of hydrogen-bond donors (Lipinski definition) is 2. The number of aromatic nitrogens is 1. The van der Waals surface area contributed by atoms with Crippen LogP contribution in [0.1, 0.15) is 10.4 Å². The Labute approximate surface area is 225 Å². The van der Waals surface area contributed by atoms with Crippen molar-refractivity contribution in [1.29, 1.82) is 0 Å². The number of rotatable bonds is 9. The van der Waals surface area contributed by atoms with Crippen LogP contribution in [-0.4, -0.2) is 36.8 Å². The van der Waals surface area contributed by atoms with Gasteiger partial charge in [0.25, 0.3) is 5.91 Å². The molecule has 2 N–H and O–H groups in total. The monoisotopic (exact) mass is 583 g/mol. The summed E-state index contributed by atoms with van der Waals surface area (Å²) in [5, 5.41) is 8.19. The number of benzene rings is 3. The first-order valence-corrected chi connectivity index (χ1v) is 13.4. The summed E-state index contributed by atoms with van der Waals surface area (Å²) < 4.78 is 11.5. The molecule has 0 atom stereocenters. The highest BCUT2D eigenvalue weighted by atomic mass is 79.9. The maximum absolute atomic E-state index is 12.7. The smallest absolute Gasteiger partial charge is 0.255 e. The van der Waals surface area contributed by atoms with Gasteiger partial charge in [0.05, 0.1) is 25.7 Å². The fourth-order valence-corrected chi connectivity index (χ4v) is 4.99. The van der Waals surface area contributed by atoms with Crippen LogP contribution in [0.2, 0.25) is 0 Å². The highest BCUT2D eigenvalue weighted by Gasteiger charge is 2.12. The molecule has 0 unspecified atom stereocenters. The zero-order chi connectivity index (χ0) is 25.5. The summed E-state index contributed by atoms with van der Waals surface area (Å²) in [7, 11) is 3.06. The van der Waals surface area contributed by atoms with E-state index in [-0.39, 0.29) is 17.6 Å². The lowest BCUT2D eigenvalue weighted by Crippen LogP contribution is -2.14. The largest absolute Gasteiger partial charge is 0.493 e. The van der Waals surface area contributed by atoms with Gasteiger partial charge in [-0.15, -0.1) is 23.1 Å². The number of carbonyl (C=O) groups is 2. The maximum Gasteiger partial charge on any atom is 0.255 e. The number of amides is 2. The van der Waals surface area contributed by atoms with Gasteiger partial charge in [0.1, 0.15) is 0 Å². The first-order valence-electron chi connectivity index (χ1n) is 10.7. The van der Waals surface area contributed by atoms with Gasteiger partial charge in [0.2, 0.25) is 5.91 Å². The Balaban J connectivity index is 1.32. The van der Waals surface area contributed by atoms with Crippen LogP contribution < -0.4 is 20.1 Å². The number of ether oxygens (including phenoxy) is 2. The van der Waals surface area contributed by atoms with Gasteiger partial charge in [-0.05, 0) is 48.5 Å². The van der Waals surface area contributed by atoms with Crippen LogP contribution in [0.3, 0.4) is 0 Å². The second-order valence-corrected chi connectivity index (χ2v) is 10.3. The molecular weight excluding hydrogens is 562 g/mol. The van der Waals surface area contributed by atoms with Crippen LogP contribution in [0.15, 0.2) is 81.5 Å². The normalized spacial score (nSPS) is 10.5. The predicted octanol–water partition coefficient (Wildman–Crippen LogP) is 6.57. The summed E-state index contributed by atoms with van der Waals surface area (Å²) in [5.74, 6) is 0.802. The van der Waals surface area contributed by atoms with Crippen molar-refractivity contribution in [3.8, 4) is 22.8 Å². The Kier molecular flexibility index (Phi) is 8.63. The molecular formula is C26H22BrN3O4S2. The number of anilines is 2. The Morgan fingerprint density at radius 2 is 1.75 bits per heavy atom. The number of nitrogens with one attached hydrogen (secondary N) is 2. The van der Waals surface area contributed by atoms with E-state index in [9.17, 15) is 9.59 Å². The van der Waals surface area contributed by atoms with Crippen LogP contribution in [0.4, 0.5) is 10.8 Å². The lowest BCUT2D eigenvalue weighted by molar-refractivity contribution is -0.113. The quantitative estimate of drug-likeness (QED) is 0.216. The van der Waals surface area contributed by atoms with E-state index in [0.29, 0.717) is 27.9 Å². The van der Waals surface area contributed by atoms with E-state index < -0.39 is 0 Å². The number of methoxy groups -OCH3 is 2. The number of thioether (sulfide) groups is 1. The van der Waals surface area contributed by atoms with E-state index in [1.54, 1.807) is 31.4 Å². The molecule has 0 saturated carbocycles. The van der Waals surface area contributed by atoms with Gasteiger partial charge in [-0.2, -0.15) is 0 Å². The fraction of sp³-hybridized carbons (Fsp3) is 0.115. The van der Waals surface area contributed by atoms with Crippen LogP contribution in [-0.2, 0) is 4.79 Å². The minimum Gasteiger partial charge on any atom is -0.493 e. The van der Waals surface area contributed by atoms with Crippen molar-refractivity contribution in [3.63, 3.8) is 0 Å². The van der Waals surface area contributed by atoms with E-state index in [1.165, 1.54) is 30.2 Å². The Morgan fingerprint density at radius 1 is 0.972 bits per heavy atom. The number of nitrogens with zero attached hydrogens (tertiary/aromatic N) is 1. The van der Waals surface area contributed by atoms with Crippen molar-refractivity contribution in [2.75, 3.05) is 30.6 Å². The topological polar surface area (TPSA) is 89.5 Å². The lowest BCUT2D eigenvalue weighted by atomic mass is 10.2. The van der Waals surface area contributed by atoms with Gasteiger partial charge in [-0.1, -0.05) is 34.1 Å². The standard InChI is InChI=1S/C26H22BrN3O4S2/c1-33-22-11-8-17(12-23(22)34-2)25(32)28-19-4-3-5-20(13-19)35-15-24(31)30-26-29-21(14-36-26)16-6-9-18(27)10-7-16/h3-14H,15H2,1-2H3,(H,28,32)(H,29,30,31). The zero-order valence-electron chi connectivity index (χ0n) is 19.4. The molecule has 0 aliphatic carbocycles. The van der Waals surface area contributed by atoms with E-state index >= 15 is 0 Å². The molecule has 1 heterocycles. The average Bonchev–Trinajstić information content (AvgIpc) is 3.36. The summed E-state index contributed by atoms with van der Waals surface area (Å²) >= 11 is 6.18. The molecule has 3 aromatic carbocycles. The van der Waals surface area contributed by atoms with Crippen LogP contribution >= 0.6 is 39.0 Å². The average molecular weight is 585 g/mol. The minimum absolute atomic E-state index is 0.156. The molecule has 0 saturated heterocycles. The molecule has 4 aromatic rings. The Morgan fingerprint density at radius 3 is 2.50 bits per heavy atom. The summed E-state index contributed by atoms with van der Waals surface area (Å²) in [6.45, 7) is 0. The number of carbonyl (C=O) groups excluding carboxylic acids is 2. The van der Waals surface area contributed by atoms with Gasteiger partial charge in [-0.3, -0.25) is 9.59 Å². The summed E-state index contributed by atoms with van der Waals surface area (Å²) in [6.07, 6.45) is 0. The van der Waals surface area contributed by atoms with Gasteiger partial charge in [-0.25, -0.2) is 4.98 Å². The number of hydrogen-bond acceptors (Lipinski definition) is 7. The van der Waals surface area contributed by atoms with E-state index in [4.69, 9.17) is 9.47 Å². The van der Waals surface area contributed by atoms with Gasteiger partial charge in [0.15, 0.2) is 16.6 Å². The summed E-state index contributed by atoms with van der Waals surface area (Å²) in [5.41, 5.74) is 2.86. The second-order valence-electron chi connectivity index (χ2n) is 7.43. The van der Waals surface area contributed by atoms with Gasteiger partial charge < -0.3 is 20.1 Å². The third-order valence-electron chi connectivity index (χ3n) is 5.00. The number of thiazole rings is 1. The van der Waals surface area contributed by atoms with Crippen molar-refractivity contribution >= 4 is 61.7 Å². The van der Waals surface area contributed by atoms with Crippen molar-refractivity contribution in [1.82, 2.24) is 4.98 Å². The van der Waals surface area contributed by atoms with Gasteiger partial charge >= 0.3 is 0 Å². The molecule has 4 rings (SSSR count). The molecule has 0 radical (unpaired) electrons. The zero-order valence-corrected chi connectivity index (χ0v) is 22.6. The maximum atomic E-state index is 12.7. The lowest BCUT2D eigenvalue weighted by Gasteiger charge is -2.10. The molecule has 0 aliphatic heterocycles. The molecule has 0 bridgehead atoms. The van der Waals surface area contributed by atoms with Gasteiger partial charge in [0, 0.05) is 31.6 Å². The molecule has 1 aromatic heterocycles. The third-order valence-corrected chi connectivity index (χ3v) is 7.28. The van der Waals surface area contributed by atoms with E-state index in [1.807, 2.05) is 47.8 Å². The SMILES string of the molecule is COc1ccc(C(=O)Nc2cccc(SCC(=O)Nc3nc(-c4ccc(Br)cc4)cs3)c2)cc1OC. The van der Waals surface area contributed by atoms with Crippen molar-refractivity contribution < 1.29 is 19.1 Å². The number of halogens is 1. The van der Waals surface area contributed by atoms with Crippen molar-refractivity contribution in [2.24, 2.45) is 0 Å². The summed E-state index contributed by atoms with van der Waals surface area (Å²) in [6, 6.07) is 20.2. The fourth-order valence-electron chi connectivity index (χ4n) is 3.23. The Hall–Kier alpha value is -3.34. The third kappa shape index (κ3) is 6.66. The molecule has 10 heteroatoms. The molecule has 7 nitrogen and oxygen atoms in total. The van der Waals surface area contributed by atoms with Crippen LogP contribution in [0, 0.1) is 0 Å². The minimum atomic E-state index is -0.277. The van der Waals surface area contributed by atoms with Crippen molar-refractivity contribution in [2.45, 2.75) is 4.90 Å². The summed E-state index contributed by atoms with van der Waals surface area (Å²) in [4.78, 5) is 30.5. The second kappa shape index (κ2) is 12.1. The van der Waals surface area contributed by atoms with E-state index in [0.717, 1.165) is 20.6 Å². The molecule has 0 spiro atoms. The predicted molar refractivity (Wildman–Crippen MR) is 149 cm³/mol. The molecule has 0 aliphatic rings. The molecule has 36 heavy (non-hydrogen) atoms. The Bertz CT molecular complexity index is 1380. The van der Waals surface area contributed by atoms with E-state index in [2.05, 4.69) is 31.5 Å². The first-order chi connectivity index (χ1) is 17.4. The highest BCUT2D eigenvalue weighted by molar-refractivity contribution is 9.10.